The van der Waals surface area contributed by atoms with Gasteiger partial charge >= 0.3 is 0 Å². The van der Waals surface area contributed by atoms with Gasteiger partial charge in [0, 0.05) is 29.8 Å². The summed E-state index contributed by atoms with van der Waals surface area (Å²) in [5.41, 5.74) is 2.35. The van der Waals surface area contributed by atoms with E-state index >= 15 is 0 Å². The normalized spacial score (nSPS) is 18.8. The van der Waals surface area contributed by atoms with E-state index < -0.39 is 9.84 Å². The molecule has 1 aliphatic heterocycles. The lowest BCUT2D eigenvalue weighted by molar-refractivity contribution is 0.597. The third-order valence-corrected chi connectivity index (χ3v) is 5.71. The number of rotatable bonds is 4. The SMILES string of the molecule is CCNCc1cc(Br)ccc1N1CCCS(=O)(=O)CC1. The van der Waals surface area contributed by atoms with Crippen molar-refractivity contribution in [1.82, 2.24) is 5.32 Å². The van der Waals surface area contributed by atoms with Crippen LogP contribution in [0.4, 0.5) is 5.69 Å². The summed E-state index contributed by atoms with van der Waals surface area (Å²) in [5, 5.41) is 3.34. The first kappa shape index (κ1) is 15.8. The molecular weight excluding hydrogens is 340 g/mol. The van der Waals surface area contributed by atoms with E-state index in [9.17, 15) is 8.42 Å². The van der Waals surface area contributed by atoms with Crippen molar-refractivity contribution in [2.24, 2.45) is 0 Å². The number of nitrogens with zero attached hydrogens (tertiary/aromatic N) is 1. The molecule has 1 saturated heterocycles. The van der Waals surface area contributed by atoms with Gasteiger partial charge in [-0.15, -0.1) is 0 Å². The van der Waals surface area contributed by atoms with Crippen molar-refractivity contribution < 1.29 is 8.42 Å². The minimum Gasteiger partial charge on any atom is -0.370 e. The van der Waals surface area contributed by atoms with Crippen LogP contribution in [-0.2, 0) is 16.4 Å². The van der Waals surface area contributed by atoms with E-state index in [0.29, 0.717) is 18.7 Å². The molecule has 0 saturated carbocycles. The summed E-state index contributed by atoms with van der Waals surface area (Å²) >= 11 is 3.50. The van der Waals surface area contributed by atoms with Gasteiger partial charge in [-0.1, -0.05) is 22.9 Å². The number of anilines is 1. The summed E-state index contributed by atoms with van der Waals surface area (Å²) in [6.45, 7) is 5.19. The molecule has 1 aromatic carbocycles. The molecule has 1 fully saturated rings. The summed E-state index contributed by atoms with van der Waals surface area (Å²) in [4.78, 5) is 2.20. The fourth-order valence-corrected chi connectivity index (χ4v) is 4.12. The lowest BCUT2D eigenvalue weighted by atomic mass is 10.1. The summed E-state index contributed by atoms with van der Waals surface area (Å²) in [5.74, 6) is 0.562. The molecule has 0 atom stereocenters. The molecule has 1 N–H and O–H groups in total. The van der Waals surface area contributed by atoms with Crippen LogP contribution in [0.2, 0.25) is 0 Å². The maximum Gasteiger partial charge on any atom is 0.152 e. The largest absolute Gasteiger partial charge is 0.370 e. The molecule has 0 amide bonds. The highest BCUT2D eigenvalue weighted by atomic mass is 79.9. The zero-order chi connectivity index (χ0) is 14.6. The molecular formula is C14H21BrN2O2S. The van der Waals surface area contributed by atoms with Gasteiger partial charge in [0.2, 0.25) is 0 Å². The number of hydrogen-bond donors (Lipinski definition) is 1. The fourth-order valence-electron chi connectivity index (χ4n) is 2.44. The number of sulfone groups is 1. The van der Waals surface area contributed by atoms with E-state index in [4.69, 9.17) is 0 Å². The van der Waals surface area contributed by atoms with E-state index in [1.807, 2.05) is 6.07 Å². The van der Waals surface area contributed by atoms with Gasteiger partial charge in [-0.3, -0.25) is 0 Å². The van der Waals surface area contributed by atoms with Crippen LogP contribution in [0, 0.1) is 0 Å². The van der Waals surface area contributed by atoms with Gasteiger partial charge in [0.05, 0.1) is 11.5 Å². The quantitative estimate of drug-likeness (QED) is 0.893. The number of hydrogen-bond acceptors (Lipinski definition) is 4. The molecule has 0 aliphatic carbocycles. The molecule has 1 aromatic rings. The third-order valence-electron chi connectivity index (χ3n) is 3.50. The minimum atomic E-state index is -2.86. The van der Waals surface area contributed by atoms with Crippen molar-refractivity contribution in [1.29, 1.82) is 0 Å². The Morgan fingerprint density at radius 1 is 1.30 bits per heavy atom. The predicted octanol–water partition coefficient (Wildman–Crippen LogP) is 2.18. The van der Waals surface area contributed by atoms with Crippen molar-refractivity contribution in [3.8, 4) is 0 Å². The highest BCUT2D eigenvalue weighted by molar-refractivity contribution is 9.10. The highest BCUT2D eigenvalue weighted by Gasteiger charge is 2.20. The second-order valence-corrected chi connectivity index (χ2v) is 8.27. The van der Waals surface area contributed by atoms with Gasteiger partial charge in [-0.2, -0.15) is 0 Å². The topological polar surface area (TPSA) is 49.4 Å². The van der Waals surface area contributed by atoms with Gasteiger partial charge in [-0.25, -0.2) is 8.42 Å². The van der Waals surface area contributed by atoms with Crippen LogP contribution >= 0.6 is 15.9 Å². The predicted molar refractivity (Wildman–Crippen MR) is 87.0 cm³/mol. The Morgan fingerprint density at radius 2 is 2.10 bits per heavy atom. The Balaban J connectivity index is 2.22. The van der Waals surface area contributed by atoms with Crippen LogP contribution in [-0.4, -0.2) is 39.6 Å². The third kappa shape index (κ3) is 4.20. The van der Waals surface area contributed by atoms with E-state index in [0.717, 1.165) is 29.8 Å². The molecule has 1 aliphatic rings. The standard InChI is InChI=1S/C14H21BrN2O2S/c1-2-16-11-12-10-13(15)4-5-14(12)17-6-3-8-20(18,19)9-7-17/h4-5,10,16H,2-3,6-9,11H2,1H3. The van der Waals surface area contributed by atoms with E-state index in [1.165, 1.54) is 5.56 Å². The molecule has 0 radical (unpaired) electrons. The number of halogens is 1. The van der Waals surface area contributed by atoms with E-state index in [2.05, 4.69) is 45.2 Å². The van der Waals surface area contributed by atoms with Gasteiger partial charge in [0.1, 0.15) is 0 Å². The van der Waals surface area contributed by atoms with Gasteiger partial charge < -0.3 is 10.2 Å². The van der Waals surface area contributed by atoms with E-state index in [-0.39, 0.29) is 5.75 Å². The maximum atomic E-state index is 11.7. The Bertz CT molecular complexity index is 560. The number of benzene rings is 1. The Kier molecular flexibility index (Phi) is 5.46. The highest BCUT2D eigenvalue weighted by Crippen LogP contribution is 2.26. The van der Waals surface area contributed by atoms with Crippen LogP contribution in [0.1, 0.15) is 18.9 Å². The molecule has 4 nitrogen and oxygen atoms in total. The summed E-state index contributed by atoms with van der Waals surface area (Å²) in [7, 11) is -2.86. The maximum absolute atomic E-state index is 11.7. The molecule has 0 aromatic heterocycles. The monoisotopic (exact) mass is 360 g/mol. The molecule has 112 valence electrons. The fraction of sp³-hybridized carbons (Fsp3) is 0.571. The second-order valence-electron chi connectivity index (χ2n) is 5.05. The first-order valence-electron chi connectivity index (χ1n) is 6.96. The summed E-state index contributed by atoms with van der Waals surface area (Å²) in [6, 6.07) is 6.20. The van der Waals surface area contributed by atoms with Crippen molar-refractivity contribution >= 4 is 31.5 Å². The second kappa shape index (κ2) is 6.91. The smallest absolute Gasteiger partial charge is 0.152 e. The van der Waals surface area contributed by atoms with Gasteiger partial charge in [0.15, 0.2) is 9.84 Å². The summed E-state index contributed by atoms with van der Waals surface area (Å²) in [6.07, 6.45) is 0.707. The van der Waals surface area contributed by atoms with Crippen LogP contribution in [0.5, 0.6) is 0 Å². The van der Waals surface area contributed by atoms with Crippen LogP contribution in [0.25, 0.3) is 0 Å². The van der Waals surface area contributed by atoms with Crippen molar-refractivity contribution in [2.45, 2.75) is 19.9 Å². The first-order valence-corrected chi connectivity index (χ1v) is 9.58. The lowest BCUT2D eigenvalue weighted by Crippen LogP contribution is -2.28. The molecule has 2 rings (SSSR count). The van der Waals surface area contributed by atoms with Gasteiger partial charge in [0.25, 0.3) is 0 Å². The van der Waals surface area contributed by atoms with Crippen molar-refractivity contribution in [3.05, 3.63) is 28.2 Å². The first-order chi connectivity index (χ1) is 9.52. The average Bonchev–Trinajstić information content (AvgIpc) is 2.58. The van der Waals surface area contributed by atoms with E-state index in [1.54, 1.807) is 0 Å². The van der Waals surface area contributed by atoms with Crippen molar-refractivity contribution in [3.63, 3.8) is 0 Å². The Morgan fingerprint density at radius 3 is 2.85 bits per heavy atom. The Hall–Kier alpha value is -0.590. The minimum absolute atomic E-state index is 0.254. The number of nitrogens with one attached hydrogen (secondary N) is 1. The van der Waals surface area contributed by atoms with Crippen molar-refractivity contribution in [2.75, 3.05) is 36.0 Å². The average molecular weight is 361 g/mol. The summed E-state index contributed by atoms with van der Waals surface area (Å²) < 4.78 is 24.5. The molecule has 0 spiro atoms. The zero-order valence-corrected chi connectivity index (χ0v) is 14.1. The molecule has 20 heavy (non-hydrogen) atoms. The molecule has 0 unspecified atom stereocenters. The van der Waals surface area contributed by atoms with Crippen LogP contribution in [0.3, 0.4) is 0 Å². The van der Waals surface area contributed by atoms with Gasteiger partial charge in [-0.05, 0) is 36.7 Å². The zero-order valence-electron chi connectivity index (χ0n) is 11.7. The molecule has 0 bridgehead atoms. The Labute approximate surface area is 129 Å². The molecule has 1 heterocycles. The van der Waals surface area contributed by atoms with Crippen LogP contribution < -0.4 is 10.2 Å². The molecule has 6 heteroatoms. The lowest BCUT2D eigenvalue weighted by Gasteiger charge is -2.25. The van der Waals surface area contributed by atoms with Crippen LogP contribution in [0.15, 0.2) is 22.7 Å².